The van der Waals surface area contributed by atoms with Crippen LogP contribution >= 0.6 is 11.8 Å². The average molecular weight is 215 g/mol. The van der Waals surface area contributed by atoms with Gasteiger partial charge in [-0.3, -0.25) is 4.99 Å². The molecule has 0 amide bonds. The Morgan fingerprint density at radius 3 is 2.43 bits per heavy atom. The Morgan fingerprint density at radius 1 is 1.43 bits per heavy atom. The maximum atomic E-state index is 5.91. The summed E-state index contributed by atoms with van der Waals surface area (Å²) in [5.41, 5.74) is 5.91. The van der Waals surface area contributed by atoms with Crippen LogP contribution in [0.3, 0.4) is 0 Å². The van der Waals surface area contributed by atoms with Crippen molar-refractivity contribution >= 4 is 17.7 Å². The number of thioether (sulfide) groups is 1. The number of nitrogens with two attached hydrogens (primary N) is 1. The van der Waals surface area contributed by atoms with E-state index in [1.165, 1.54) is 12.8 Å². The third kappa shape index (κ3) is 3.40. The van der Waals surface area contributed by atoms with E-state index in [0.717, 1.165) is 24.3 Å². The molecule has 1 saturated heterocycles. The molecule has 2 N–H and O–H groups in total. The van der Waals surface area contributed by atoms with Crippen molar-refractivity contribution in [2.24, 2.45) is 10.7 Å². The molecule has 1 fully saturated rings. The fourth-order valence-electron chi connectivity index (χ4n) is 1.67. The van der Waals surface area contributed by atoms with E-state index < -0.39 is 0 Å². The topological polar surface area (TPSA) is 41.6 Å². The third-order valence-corrected chi connectivity index (χ3v) is 3.63. The number of aliphatic imine (C=N–C) groups is 1. The van der Waals surface area contributed by atoms with Gasteiger partial charge < -0.3 is 10.6 Å². The lowest BCUT2D eigenvalue weighted by Crippen LogP contribution is -2.43. The van der Waals surface area contributed by atoms with Crippen LogP contribution in [0.25, 0.3) is 0 Å². The minimum absolute atomic E-state index is 0.299. The van der Waals surface area contributed by atoms with Crippen LogP contribution in [0, 0.1) is 0 Å². The molecule has 0 aliphatic carbocycles. The van der Waals surface area contributed by atoms with Crippen molar-refractivity contribution in [3.63, 3.8) is 0 Å². The van der Waals surface area contributed by atoms with Crippen LogP contribution in [0.1, 0.15) is 26.7 Å². The van der Waals surface area contributed by atoms with E-state index >= 15 is 0 Å². The molecule has 14 heavy (non-hydrogen) atoms. The molecule has 1 rings (SSSR count). The van der Waals surface area contributed by atoms with E-state index in [2.05, 4.69) is 30.0 Å². The second kappa shape index (κ2) is 5.49. The highest BCUT2D eigenvalue weighted by Crippen LogP contribution is 2.20. The van der Waals surface area contributed by atoms with Crippen molar-refractivity contribution in [2.45, 2.75) is 38.0 Å². The summed E-state index contributed by atoms with van der Waals surface area (Å²) in [5.74, 6) is 0.722. The van der Waals surface area contributed by atoms with Gasteiger partial charge in [-0.15, -0.1) is 0 Å². The highest BCUT2D eigenvalue weighted by molar-refractivity contribution is 7.99. The van der Waals surface area contributed by atoms with Gasteiger partial charge in [0.05, 0.1) is 0 Å². The lowest BCUT2D eigenvalue weighted by atomic mass is 10.1. The molecule has 0 unspecified atom stereocenters. The molecule has 0 aromatic heterocycles. The number of guanidine groups is 1. The van der Waals surface area contributed by atoms with E-state index in [9.17, 15) is 0 Å². The molecule has 0 aromatic rings. The standard InChI is InChI=1S/C10H21N3S/c1-8(2)12-10(11)13-6-4-9(14-3)5-7-13/h8-9H,4-7H2,1-3H3,(H2,11,12). The predicted octanol–water partition coefficient (Wildman–Crippen LogP) is 1.54. The molecule has 1 aliphatic heterocycles. The Labute approximate surface area is 91.1 Å². The van der Waals surface area contributed by atoms with Crippen molar-refractivity contribution in [1.82, 2.24) is 4.90 Å². The van der Waals surface area contributed by atoms with Crippen LogP contribution in [0.4, 0.5) is 0 Å². The van der Waals surface area contributed by atoms with E-state index in [1.54, 1.807) is 0 Å². The summed E-state index contributed by atoms with van der Waals surface area (Å²) in [7, 11) is 0. The molecule has 0 spiro atoms. The van der Waals surface area contributed by atoms with Gasteiger partial charge in [-0.1, -0.05) is 0 Å². The zero-order valence-corrected chi connectivity index (χ0v) is 10.2. The summed E-state index contributed by atoms with van der Waals surface area (Å²) in [4.78, 5) is 6.57. The summed E-state index contributed by atoms with van der Waals surface area (Å²) >= 11 is 1.97. The summed E-state index contributed by atoms with van der Waals surface area (Å²) in [5, 5.41) is 0.818. The lowest BCUT2D eigenvalue weighted by Gasteiger charge is -2.32. The molecule has 82 valence electrons. The van der Waals surface area contributed by atoms with Gasteiger partial charge in [0, 0.05) is 24.4 Å². The first-order chi connectivity index (χ1) is 6.63. The molecule has 0 aromatic carbocycles. The smallest absolute Gasteiger partial charge is 0.191 e. The SMILES string of the molecule is CSC1CCN(C(N)=NC(C)C)CC1. The van der Waals surface area contributed by atoms with Crippen LogP contribution in [-0.4, -0.2) is 41.5 Å². The minimum atomic E-state index is 0.299. The first kappa shape index (κ1) is 11.7. The maximum Gasteiger partial charge on any atom is 0.191 e. The number of nitrogens with zero attached hydrogens (tertiary/aromatic N) is 2. The zero-order chi connectivity index (χ0) is 10.6. The summed E-state index contributed by atoms with van der Waals surface area (Å²) in [6, 6.07) is 0.299. The van der Waals surface area contributed by atoms with Crippen LogP contribution < -0.4 is 5.73 Å². The van der Waals surface area contributed by atoms with E-state index in [1.807, 2.05) is 11.8 Å². The predicted molar refractivity (Wildman–Crippen MR) is 64.9 cm³/mol. The van der Waals surface area contributed by atoms with Crippen molar-refractivity contribution in [2.75, 3.05) is 19.3 Å². The fourth-order valence-corrected chi connectivity index (χ4v) is 2.35. The largest absolute Gasteiger partial charge is 0.370 e. The number of likely N-dealkylation sites (tertiary alicyclic amines) is 1. The Bertz CT molecular complexity index is 196. The molecule has 1 heterocycles. The maximum absolute atomic E-state index is 5.91. The van der Waals surface area contributed by atoms with Gasteiger partial charge in [0.2, 0.25) is 0 Å². The van der Waals surface area contributed by atoms with Gasteiger partial charge in [-0.25, -0.2) is 0 Å². The second-order valence-corrected chi connectivity index (χ2v) is 5.14. The summed E-state index contributed by atoms with van der Waals surface area (Å²) in [6.45, 7) is 6.24. The van der Waals surface area contributed by atoms with Gasteiger partial charge in [-0.05, 0) is 32.9 Å². The third-order valence-electron chi connectivity index (χ3n) is 2.49. The highest BCUT2D eigenvalue weighted by Gasteiger charge is 2.19. The Kier molecular flexibility index (Phi) is 4.58. The van der Waals surface area contributed by atoms with Crippen molar-refractivity contribution < 1.29 is 0 Å². The monoisotopic (exact) mass is 215 g/mol. The van der Waals surface area contributed by atoms with Gasteiger partial charge in [0.15, 0.2) is 5.96 Å². The average Bonchev–Trinajstić information content (AvgIpc) is 2.17. The van der Waals surface area contributed by atoms with Crippen LogP contribution in [0.15, 0.2) is 4.99 Å². The van der Waals surface area contributed by atoms with Gasteiger partial charge >= 0.3 is 0 Å². The van der Waals surface area contributed by atoms with Crippen molar-refractivity contribution in [1.29, 1.82) is 0 Å². The van der Waals surface area contributed by atoms with E-state index in [0.29, 0.717) is 6.04 Å². The van der Waals surface area contributed by atoms with E-state index in [-0.39, 0.29) is 0 Å². The molecule has 0 bridgehead atoms. The molecular weight excluding hydrogens is 194 g/mol. The van der Waals surface area contributed by atoms with Crippen molar-refractivity contribution in [3.8, 4) is 0 Å². The number of piperidine rings is 1. The van der Waals surface area contributed by atoms with E-state index in [4.69, 9.17) is 5.73 Å². The molecular formula is C10H21N3S. The first-order valence-electron chi connectivity index (χ1n) is 5.24. The lowest BCUT2D eigenvalue weighted by molar-refractivity contribution is 0.343. The van der Waals surface area contributed by atoms with Gasteiger partial charge in [0.25, 0.3) is 0 Å². The Balaban J connectivity index is 2.41. The van der Waals surface area contributed by atoms with Crippen LogP contribution in [0.2, 0.25) is 0 Å². The summed E-state index contributed by atoms with van der Waals surface area (Å²) < 4.78 is 0. The summed E-state index contributed by atoms with van der Waals surface area (Å²) in [6.07, 6.45) is 4.65. The Morgan fingerprint density at radius 2 is 2.00 bits per heavy atom. The number of hydrogen-bond acceptors (Lipinski definition) is 2. The van der Waals surface area contributed by atoms with Crippen LogP contribution in [0.5, 0.6) is 0 Å². The van der Waals surface area contributed by atoms with Gasteiger partial charge in [0.1, 0.15) is 0 Å². The van der Waals surface area contributed by atoms with Crippen LogP contribution in [-0.2, 0) is 0 Å². The molecule has 4 heteroatoms. The molecule has 0 atom stereocenters. The van der Waals surface area contributed by atoms with Gasteiger partial charge in [-0.2, -0.15) is 11.8 Å². The second-order valence-electron chi connectivity index (χ2n) is 4.00. The quantitative estimate of drug-likeness (QED) is 0.561. The normalized spacial score (nSPS) is 20.6. The fraction of sp³-hybridized carbons (Fsp3) is 0.900. The molecule has 3 nitrogen and oxygen atoms in total. The first-order valence-corrected chi connectivity index (χ1v) is 6.53. The minimum Gasteiger partial charge on any atom is -0.370 e. The molecule has 0 radical (unpaired) electrons. The molecule has 0 saturated carbocycles. The Hall–Kier alpha value is -0.380. The van der Waals surface area contributed by atoms with Crippen molar-refractivity contribution in [3.05, 3.63) is 0 Å². The highest BCUT2D eigenvalue weighted by atomic mass is 32.2. The molecule has 1 aliphatic rings. The zero-order valence-electron chi connectivity index (χ0n) is 9.36. The number of hydrogen-bond donors (Lipinski definition) is 1. The number of rotatable bonds is 2.